The molecule has 0 unspecified atom stereocenters. The van der Waals surface area contributed by atoms with Crippen molar-refractivity contribution in [3.8, 4) is 0 Å². The van der Waals surface area contributed by atoms with Gasteiger partial charge in [-0.25, -0.2) is 4.68 Å². The Hall–Kier alpha value is -1.99. The summed E-state index contributed by atoms with van der Waals surface area (Å²) in [5.41, 5.74) is 0.915. The molecule has 0 saturated heterocycles. The van der Waals surface area contributed by atoms with Crippen molar-refractivity contribution in [1.82, 2.24) is 20.3 Å². The zero-order valence-corrected chi connectivity index (χ0v) is 12.2. The van der Waals surface area contributed by atoms with Crippen LogP contribution in [0.5, 0.6) is 0 Å². The van der Waals surface area contributed by atoms with Gasteiger partial charge < -0.3 is 15.5 Å². The van der Waals surface area contributed by atoms with Crippen molar-refractivity contribution in [2.24, 2.45) is 0 Å². The number of nitrogens with zero attached hydrogens (tertiary/aromatic N) is 3. The minimum absolute atomic E-state index is 0.319. The third kappa shape index (κ3) is 2.88. The molecule has 0 radical (unpaired) electrons. The van der Waals surface area contributed by atoms with Gasteiger partial charge in [0, 0.05) is 12.1 Å². The van der Waals surface area contributed by atoms with E-state index in [0.717, 1.165) is 5.52 Å². The third-order valence-electron chi connectivity index (χ3n) is 3.74. The van der Waals surface area contributed by atoms with Crippen LogP contribution in [-0.2, 0) is 6.54 Å². The number of rotatable bonds is 6. The molecule has 0 saturated carbocycles. The number of hydrogen-bond donors (Lipinski definition) is 3. The zero-order valence-electron chi connectivity index (χ0n) is 12.2. The second kappa shape index (κ2) is 6.19. The van der Waals surface area contributed by atoms with Crippen molar-refractivity contribution in [3.05, 3.63) is 23.8 Å². The predicted molar refractivity (Wildman–Crippen MR) is 77.9 cm³/mol. The van der Waals surface area contributed by atoms with Gasteiger partial charge >= 0.3 is 0 Å². The fraction of sp³-hybridized carbons (Fsp3) is 0.500. The number of aryl methyl sites for hydroxylation is 1. The van der Waals surface area contributed by atoms with Crippen LogP contribution in [0, 0.1) is 0 Å². The minimum Gasteiger partial charge on any atom is -0.394 e. The predicted octanol–water partition coefficient (Wildman–Crippen LogP) is 0.314. The number of amides is 1. The number of fused-ring (bicyclic) bond motifs is 1. The Kier molecular flexibility index (Phi) is 4.54. The summed E-state index contributed by atoms with van der Waals surface area (Å²) >= 11 is 0. The largest absolute Gasteiger partial charge is 0.394 e. The molecule has 21 heavy (non-hydrogen) atoms. The first kappa shape index (κ1) is 15.4. The number of aromatic nitrogens is 3. The molecule has 7 nitrogen and oxygen atoms in total. The average molecular weight is 292 g/mol. The maximum atomic E-state index is 12.3. The molecule has 1 amide bonds. The molecule has 1 aromatic carbocycles. The van der Waals surface area contributed by atoms with Crippen molar-refractivity contribution in [1.29, 1.82) is 0 Å². The van der Waals surface area contributed by atoms with E-state index in [1.807, 2.05) is 6.92 Å². The van der Waals surface area contributed by atoms with E-state index < -0.39 is 5.54 Å². The van der Waals surface area contributed by atoms with Gasteiger partial charge in [0.05, 0.1) is 24.3 Å². The smallest absolute Gasteiger partial charge is 0.251 e. The average Bonchev–Trinajstić information content (AvgIpc) is 2.94. The number of benzene rings is 1. The standard InChI is InChI=1S/C14H20N4O3/c1-3-14(8-19,9-20)15-13(21)10-5-6-12-11(7-10)16-17-18(12)4-2/h5-7,19-20H,3-4,8-9H2,1-2H3,(H,15,21). The summed E-state index contributed by atoms with van der Waals surface area (Å²) in [6, 6.07) is 5.13. The van der Waals surface area contributed by atoms with E-state index in [0.29, 0.717) is 24.0 Å². The maximum absolute atomic E-state index is 12.3. The number of carbonyl (C=O) groups excluding carboxylic acids is 1. The molecule has 0 bridgehead atoms. The van der Waals surface area contributed by atoms with Crippen LogP contribution in [0.3, 0.4) is 0 Å². The molecule has 0 fully saturated rings. The summed E-state index contributed by atoms with van der Waals surface area (Å²) in [5, 5.41) is 29.5. The summed E-state index contributed by atoms with van der Waals surface area (Å²) in [6.07, 6.45) is 0.431. The topological polar surface area (TPSA) is 100 Å². The van der Waals surface area contributed by atoms with Crippen LogP contribution >= 0.6 is 0 Å². The molecule has 7 heteroatoms. The van der Waals surface area contributed by atoms with Crippen molar-refractivity contribution in [3.63, 3.8) is 0 Å². The molecule has 0 aliphatic rings. The second-order valence-electron chi connectivity index (χ2n) is 5.01. The summed E-state index contributed by atoms with van der Waals surface area (Å²) in [5.74, 6) is -0.354. The first-order chi connectivity index (χ1) is 10.1. The molecule has 0 spiro atoms. The van der Waals surface area contributed by atoms with Gasteiger partial charge in [-0.1, -0.05) is 12.1 Å². The van der Waals surface area contributed by atoms with Gasteiger partial charge in [0.25, 0.3) is 5.91 Å². The molecule has 114 valence electrons. The van der Waals surface area contributed by atoms with Gasteiger partial charge in [-0.15, -0.1) is 5.10 Å². The van der Waals surface area contributed by atoms with Crippen molar-refractivity contribution < 1.29 is 15.0 Å². The Bertz CT molecular complexity index is 626. The van der Waals surface area contributed by atoms with Crippen molar-refractivity contribution >= 4 is 16.9 Å². The fourth-order valence-corrected chi connectivity index (χ4v) is 2.10. The molecular formula is C14H20N4O3. The summed E-state index contributed by atoms with van der Waals surface area (Å²) in [7, 11) is 0. The highest BCUT2D eigenvalue weighted by Gasteiger charge is 2.29. The molecule has 1 heterocycles. The SMILES string of the molecule is CCn1nnc2cc(C(=O)NC(CC)(CO)CO)ccc21. The first-order valence-electron chi connectivity index (χ1n) is 6.96. The molecule has 2 rings (SSSR count). The summed E-state index contributed by atoms with van der Waals surface area (Å²) in [4.78, 5) is 12.3. The van der Waals surface area contributed by atoms with Crippen LogP contribution < -0.4 is 5.32 Å². The Morgan fingerprint density at radius 2 is 2.05 bits per heavy atom. The van der Waals surface area contributed by atoms with Gasteiger partial charge in [0.1, 0.15) is 5.52 Å². The van der Waals surface area contributed by atoms with E-state index in [-0.39, 0.29) is 19.1 Å². The number of carbonyl (C=O) groups is 1. The summed E-state index contributed by atoms with van der Waals surface area (Å²) in [6.45, 7) is 3.83. The third-order valence-corrected chi connectivity index (χ3v) is 3.74. The lowest BCUT2D eigenvalue weighted by atomic mass is 9.97. The fourth-order valence-electron chi connectivity index (χ4n) is 2.10. The summed E-state index contributed by atoms with van der Waals surface area (Å²) < 4.78 is 1.74. The van der Waals surface area contributed by atoms with Crippen molar-refractivity contribution in [2.45, 2.75) is 32.4 Å². The van der Waals surface area contributed by atoms with Crippen LogP contribution in [0.2, 0.25) is 0 Å². The quantitative estimate of drug-likeness (QED) is 0.711. The van der Waals surface area contributed by atoms with E-state index in [1.54, 1.807) is 29.8 Å². The van der Waals surface area contributed by atoms with Crippen LogP contribution in [0.15, 0.2) is 18.2 Å². The number of hydrogen-bond acceptors (Lipinski definition) is 5. The van der Waals surface area contributed by atoms with E-state index in [1.165, 1.54) is 0 Å². The van der Waals surface area contributed by atoms with Gasteiger partial charge in [0.15, 0.2) is 0 Å². The Morgan fingerprint density at radius 3 is 2.62 bits per heavy atom. The minimum atomic E-state index is -1.01. The maximum Gasteiger partial charge on any atom is 0.251 e. The number of aliphatic hydroxyl groups is 2. The Labute approximate surface area is 122 Å². The van der Waals surface area contributed by atoms with Crippen molar-refractivity contribution in [2.75, 3.05) is 13.2 Å². The van der Waals surface area contributed by atoms with Gasteiger partial charge in [-0.2, -0.15) is 0 Å². The van der Waals surface area contributed by atoms with Crippen LogP contribution in [0.4, 0.5) is 0 Å². The molecule has 3 N–H and O–H groups in total. The lowest BCUT2D eigenvalue weighted by molar-refractivity contribution is 0.0653. The van der Waals surface area contributed by atoms with E-state index >= 15 is 0 Å². The highest BCUT2D eigenvalue weighted by atomic mass is 16.3. The van der Waals surface area contributed by atoms with Gasteiger partial charge in [-0.3, -0.25) is 4.79 Å². The van der Waals surface area contributed by atoms with Gasteiger partial charge in [0.2, 0.25) is 0 Å². The molecule has 0 aliphatic carbocycles. The van der Waals surface area contributed by atoms with Crippen LogP contribution in [0.1, 0.15) is 30.6 Å². The monoisotopic (exact) mass is 292 g/mol. The lowest BCUT2D eigenvalue weighted by Crippen LogP contribution is -2.53. The Balaban J connectivity index is 2.27. The molecule has 1 aromatic heterocycles. The van der Waals surface area contributed by atoms with Crippen LogP contribution in [0.25, 0.3) is 11.0 Å². The van der Waals surface area contributed by atoms with E-state index in [9.17, 15) is 15.0 Å². The second-order valence-corrected chi connectivity index (χ2v) is 5.01. The molecule has 0 atom stereocenters. The normalized spacial score (nSPS) is 11.8. The van der Waals surface area contributed by atoms with E-state index in [4.69, 9.17) is 0 Å². The Morgan fingerprint density at radius 1 is 1.33 bits per heavy atom. The number of nitrogens with one attached hydrogen (secondary N) is 1. The van der Waals surface area contributed by atoms with E-state index in [2.05, 4.69) is 15.6 Å². The molecule has 2 aromatic rings. The van der Waals surface area contributed by atoms with Crippen LogP contribution in [-0.4, -0.2) is 49.9 Å². The lowest BCUT2D eigenvalue weighted by Gasteiger charge is -2.29. The highest BCUT2D eigenvalue weighted by molar-refractivity contribution is 5.97. The molecular weight excluding hydrogens is 272 g/mol. The molecule has 0 aliphatic heterocycles. The number of aliphatic hydroxyl groups excluding tert-OH is 2. The zero-order chi connectivity index (χ0) is 15.5. The van der Waals surface area contributed by atoms with Gasteiger partial charge in [-0.05, 0) is 31.5 Å². The first-order valence-corrected chi connectivity index (χ1v) is 6.96. The highest BCUT2D eigenvalue weighted by Crippen LogP contribution is 2.15.